The maximum Gasteiger partial charge on any atom is 0.119 e. The van der Waals surface area contributed by atoms with Crippen molar-refractivity contribution in [3.63, 3.8) is 0 Å². The Hall–Kier alpha value is -0.770. The van der Waals surface area contributed by atoms with Crippen LogP contribution in [0.2, 0.25) is 0 Å². The molecule has 0 saturated carbocycles. The van der Waals surface area contributed by atoms with Crippen molar-refractivity contribution in [2.24, 2.45) is 5.84 Å². The van der Waals surface area contributed by atoms with Gasteiger partial charge in [-0.15, -0.1) is 12.4 Å². The van der Waals surface area contributed by atoms with E-state index in [4.69, 9.17) is 10.6 Å². The molecule has 74 valence electrons. The summed E-state index contributed by atoms with van der Waals surface area (Å²) in [4.78, 5) is 0. The maximum absolute atomic E-state index is 5.41. The van der Waals surface area contributed by atoms with Crippen LogP contribution in [0.5, 0.6) is 5.75 Å². The van der Waals surface area contributed by atoms with E-state index in [9.17, 15) is 0 Å². The molecule has 0 spiro atoms. The lowest BCUT2D eigenvalue weighted by Gasteiger charge is -2.04. The van der Waals surface area contributed by atoms with Crippen molar-refractivity contribution in [1.82, 2.24) is 5.43 Å². The second kappa shape index (κ2) is 7.86. The van der Waals surface area contributed by atoms with Crippen LogP contribution in [0.15, 0.2) is 30.3 Å². The molecule has 0 fully saturated rings. The fraction of sp³-hybridized carbons (Fsp3) is 0.333. The summed E-state index contributed by atoms with van der Waals surface area (Å²) < 4.78 is 5.41. The first-order chi connectivity index (χ1) is 5.93. The van der Waals surface area contributed by atoms with Gasteiger partial charge in [-0.05, 0) is 18.6 Å². The monoisotopic (exact) mass is 202 g/mol. The number of nitrogens with two attached hydrogens (primary N) is 1. The van der Waals surface area contributed by atoms with Crippen LogP contribution in [0.4, 0.5) is 0 Å². The van der Waals surface area contributed by atoms with E-state index >= 15 is 0 Å². The number of ether oxygens (including phenoxy) is 1. The van der Waals surface area contributed by atoms with Gasteiger partial charge < -0.3 is 4.74 Å². The van der Waals surface area contributed by atoms with E-state index in [0.717, 1.165) is 18.7 Å². The molecule has 0 aliphatic heterocycles. The summed E-state index contributed by atoms with van der Waals surface area (Å²) in [5, 5.41) is 0. The Kier molecular flexibility index (Phi) is 7.39. The van der Waals surface area contributed by atoms with Crippen LogP contribution >= 0.6 is 12.4 Å². The van der Waals surface area contributed by atoms with E-state index in [-0.39, 0.29) is 12.4 Å². The van der Waals surface area contributed by atoms with Crippen molar-refractivity contribution in [2.45, 2.75) is 6.42 Å². The number of benzene rings is 1. The van der Waals surface area contributed by atoms with E-state index < -0.39 is 0 Å². The summed E-state index contributed by atoms with van der Waals surface area (Å²) in [6, 6.07) is 9.76. The van der Waals surface area contributed by atoms with Gasteiger partial charge in [-0.3, -0.25) is 11.3 Å². The van der Waals surface area contributed by atoms with Crippen molar-refractivity contribution in [3.8, 4) is 5.75 Å². The van der Waals surface area contributed by atoms with Gasteiger partial charge in [0.2, 0.25) is 0 Å². The van der Waals surface area contributed by atoms with Crippen LogP contribution in [0.25, 0.3) is 0 Å². The summed E-state index contributed by atoms with van der Waals surface area (Å²) in [5.41, 5.74) is 2.57. The molecule has 4 heteroatoms. The van der Waals surface area contributed by atoms with Crippen molar-refractivity contribution in [3.05, 3.63) is 30.3 Å². The van der Waals surface area contributed by atoms with Crippen molar-refractivity contribution >= 4 is 12.4 Å². The lowest BCUT2D eigenvalue weighted by atomic mass is 10.3. The van der Waals surface area contributed by atoms with Gasteiger partial charge in [0.05, 0.1) is 6.61 Å². The Morgan fingerprint density at radius 1 is 1.23 bits per heavy atom. The minimum atomic E-state index is 0. The van der Waals surface area contributed by atoms with E-state index in [2.05, 4.69) is 5.43 Å². The second-order valence-electron chi connectivity index (χ2n) is 2.47. The van der Waals surface area contributed by atoms with Gasteiger partial charge in [0.15, 0.2) is 0 Å². The largest absolute Gasteiger partial charge is 0.494 e. The molecule has 0 heterocycles. The van der Waals surface area contributed by atoms with Gasteiger partial charge >= 0.3 is 0 Å². The van der Waals surface area contributed by atoms with E-state index in [0.29, 0.717) is 6.61 Å². The first-order valence-corrected chi connectivity index (χ1v) is 4.05. The third-order valence-corrected chi connectivity index (χ3v) is 1.48. The molecule has 1 rings (SSSR count). The predicted octanol–water partition coefficient (Wildman–Crippen LogP) is 1.34. The molecule has 0 bridgehead atoms. The second-order valence-corrected chi connectivity index (χ2v) is 2.47. The lowest BCUT2D eigenvalue weighted by Crippen LogP contribution is -2.24. The minimum Gasteiger partial charge on any atom is -0.494 e. The Bertz CT molecular complexity index is 206. The molecule has 0 radical (unpaired) electrons. The molecule has 0 aromatic heterocycles. The van der Waals surface area contributed by atoms with Crippen LogP contribution in [0.1, 0.15) is 6.42 Å². The number of hydrazine groups is 1. The molecule has 3 N–H and O–H groups in total. The first-order valence-electron chi connectivity index (χ1n) is 4.05. The summed E-state index contributed by atoms with van der Waals surface area (Å²) in [5.74, 6) is 6.01. The summed E-state index contributed by atoms with van der Waals surface area (Å²) in [7, 11) is 0. The molecule has 1 aromatic rings. The molecule has 0 aliphatic rings. The third-order valence-electron chi connectivity index (χ3n) is 1.48. The Balaban J connectivity index is 0.00000144. The number of halogens is 1. The summed E-state index contributed by atoms with van der Waals surface area (Å²) in [6.07, 6.45) is 0.922. The highest BCUT2D eigenvalue weighted by molar-refractivity contribution is 5.85. The van der Waals surface area contributed by atoms with E-state index in [1.807, 2.05) is 30.3 Å². The number of para-hydroxylation sites is 1. The molecule has 0 saturated heterocycles. The van der Waals surface area contributed by atoms with E-state index in [1.54, 1.807) is 0 Å². The number of hydrogen-bond acceptors (Lipinski definition) is 3. The quantitative estimate of drug-likeness (QED) is 0.431. The van der Waals surface area contributed by atoms with Gasteiger partial charge in [-0.1, -0.05) is 18.2 Å². The van der Waals surface area contributed by atoms with Gasteiger partial charge in [-0.25, -0.2) is 0 Å². The number of rotatable bonds is 5. The lowest BCUT2D eigenvalue weighted by molar-refractivity contribution is 0.308. The highest BCUT2D eigenvalue weighted by Crippen LogP contribution is 2.07. The number of hydrogen-bond donors (Lipinski definition) is 2. The normalized spacial score (nSPS) is 9.00. The predicted molar refractivity (Wildman–Crippen MR) is 56.0 cm³/mol. The average Bonchev–Trinajstić information content (AvgIpc) is 2.14. The molecular weight excluding hydrogens is 188 g/mol. The highest BCUT2D eigenvalue weighted by atomic mass is 35.5. The van der Waals surface area contributed by atoms with Crippen LogP contribution in [0, 0.1) is 0 Å². The third kappa shape index (κ3) is 5.47. The molecule has 0 amide bonds. The van der Waals surface area contributed by atoms with Crippen molar-refractivity contribution in [2.75, 3.05) is 13.2 Å². The van der Waals surface area contributed by atoms with Gasteiger partial charge in [0.1, 0.15) is 5.75 Å². The molecular formula is C9H15ClN2O. The van der Waals surface area contributed by atoms with Gasteiger partial charge in [0, 0.05) is 6.54 Å². The topological polar surface area (TPSA) is 47.3 Å². The Morgan fingerprint density at radius 3 is 2.54 bits per heavy atom. The minimum absolute atomic E-state index is 0. The zero-order valence-corrected chi connectivity index (χ0v) is 8.22. The van der Waals surface area contributed by atoms with Crippen molar-refractivity contribution in [1.29, 1.82) is 0 Å². The highest BCUT2D eigenvalue weighted by Gasteiger charge is 1.89. The van der Waals surface area contributed by atoms with Crippen LogP contribution in [0.3, 0.4) is 0 Å². The smallest absolute Gasteiger partial charge is 0.119 e. The first kappa shape index (κ1) is 12.2. The molecule has 0 aliphatic carbocycles. The number of nitrogens with one attached hydrogen (secondary N) is 1. The standard InChI is InChI=1S/C9H14N2O.ClH/c10-11-7-4-8-12-9-5-2-1-3-6-9;/h1-3,5-6,11H,4,7-8,10H2;1H. The summed E-state index contributed by atoms with van der Waals surface area (Å²) in [6.45, 7) is 1.49. The molecule has 13 heavy (non-hydrogen) atoms. The Labute approximate surface area is 84.7 Å². The van der Waals surface area contributed by atoms with E-state index in [1.165, 1.54) is 0 Å². The molecule has 0 unspecified atom stereocenters. The molecule has 1 aromatic carbocycles. The summed E-state index contributed by atoms with van der Waals surface area (Å²) >= 11 is 0. The zero-order chi connectivity index (χ0) is 8.65. The maximum atomic E-state index is 5.41. The zero-order valence-electron chi connectivity index (χ0n) is 7.40. The SMILES string of the molecule is Cl.NNCCCOc1ccccc1. The fourth-order valence-corrected chi connectivity index (χ4v) is 0.881. The molecule has 3 nitrogen and oxygen atoms in total. The van der Waals surface area contributed by atoms with Crippen LogP contribution in [-0.2, 0) is 0 Å². The fourth-order valence-electron chi connectivity index (χ4n) is 0.881. The van der Waals surface area contributed by atoms with Crippen LogP contribution in [-0.4, -0.2) is 13.2 Å². The van der Waals surface area contributed by atoms with Gasteiger partial charge in [0.25, 0.3) is 0 Å². The Morgan fingerprint density at radius 2 is 1.92 bits per heavy atom. The average molecular weight is 203 g/mol. The van der Waals surface area contributed by atoms with Crippen molar-refractivity contribution < 1.29 is 4.74 Å². The van der Waals surface area contributed by atoms with Crippen LogP contribution < -0.4 is 16.0 Å². The van der Waals surface area contributed by atoms with Gasteiger partial charge in [-0.2, -0.15) is 0 Å². The molecule has 0 atom stereocenters.